The van der Waals surface area contributed by atoms with Crippen molar-refractivity contribution in [3.05, 3.63) is 127 Å². The average Bonchev–Trinajstić information content (AvgIpc) is 2.81. The lowest BCUT2D eigenvalue weighted by molar-refractivity contribution is 0.508. The van der Waals surface area contributed by atoms with E-state index >= 15 is 0 Å². The molecule has 1 atom stereocenters. The fourth-order valence-corrected chi connectivity index (χ4v) is 4.07. The average molecular weight is 464 g/mol. The fraction of sp³-hybridized carbons (Fsp3) is 0.154. The summed E-state index contributed by atoms with van der Waals surface area (Å²) in [5, 5.41) is 0.376. The molecule has 0 fully saturated rings. The van der Waals surface area contributed by atoms with Crippen LogP contribution in [-0.2, 0) is 13.1 Å². The van der Waals surface area contributed by atoms with Crippen molar-refractivity contribution in [3.8, 4) is 11.1 Å². The molecule has 3 aromatic carbocycles. The minimum absolute atomic E-state index is 0.0315. The summed E-state index contributed by atoms with van der Waals surface area (Å²) >= 11 is 6.37. The molecule has 0 radical (unpaired) electrons. The van der Waals surface area contributed by atoms with Crippen LogP contribution in [0.3, 0.4) is 0 Å². The lowest BCUT2D eigenvalue weighted by Gasteiger charge is -2.18. The first kappa shape index (κ1) is 22.7. The lowest BCUT2D eigenvalue weighted by atomic mass is 10.1. The molecular weight excluding hydrogens is 441 g/mol. The summed E-state index contributed by atoms with van der Waals surface area (Å²) in [5.41, 5.74) is 7.89. The normalized spacial score (nSPS) is 12.0. The van der Waals surface area contributed by atoms with E-state index in [1.165, 1.54) is 16.8 Å². The number of hydrogen-bond donors (Lipinski definition) is 1. The standard InChI is InChI=1S/C26H23ClFN3O2/c1-17-8-7-13-23(28)20(17)14-30-15-21(19-11-5-6-12-22(19)27)25(32)31(26(30)33)16-24(29)18-9-3-2-4-10-18/h2-13,15,24H,14,16,29H2,1H3/t24-/m0/s1. The summed E-state index contributed by atoms with van der Waals surface area (Å²) < 4.78 is 17.0. The molecule has 0 spiro atoms. The molecule has 4 aromatic rings. The molecular formula is C26H23ClFN3O2. The van der Waals surface area contributed by atoms with Crippen molar-refractivity contribution in [2.24, 2.45) is 5.73 Å². The van der Waals surface area contributed by atoms with E-state index < -0.39 is 23.1 Å². The van der Waals surface area contributed by atoms with Gasteiger partial charge in [-0.05, 0) is 30.2 Å². The predicted molar refractivity (Wildman–Crippen MR) is 129 cm³/mol. The second-order valence-electron chi connectivity index (χ2n) is 7.90. The third kappa shape index (κ3) is 4.67. The molecule has 5 nitrogen and oxygen atoms in total. The number of aryl methyl sites for hydroxylation is 1. The van der Waals surface area contributed by atoms with Crippen LogP contribution in [0, 0.1) is 12.7 Å². The smallest absolute Gasteiger partial charge is 0.322 e. The highest BCUT2D eigenvalue weighted by Crippen LogP contribution is 2.25. The van der Waals surface area contributed by atoms with Crippen molar-refractivity contribution in [3.63, 3.8) is 0 Å². The predicted octanol–water partition coefficient (Wildman–Crippen LogP) is 4.53. The highest BCUT2D eigenvalue weighted by atomic mass is 35.5. The Labute approximate surface area is 195 Å². The summed E-state index contributed by atoms with van der Waals surface area (Å²) in [4.78, 5) is 26.8. The van der Waals surface area contributed by atoms with E-state index in [0.29, 0.717) is 21.7 Å². The van der Waals surface area contributed by atoms with E-state index in [4.69, 9.17) is 17.3 Å². The van der Waals surface area contributed by atoms with Gasteiger partial charge in [-0.1, -0.05) is 72.3 Å². The maximum Gasteiger partial charge on any atom is 0.331 e. The van der Waals surface area contributed by atoms with Crippen LogP contribution in [0.1, 0.15) is 22.7 Å². The summed E-state index contributed by atoms with van der Waals surface area (Å²) in [6, 6.07) is 20.3. The van der Waals surface area contributed by atoms with Gasteiger partial charge in [0.25, 0.3) is 5.56 Å². The Morgan fingerprint density at radius 2 is 1.64 bits per heavy atom. The van der Waals surface area contributed by atoms with Crippen molar-refractivity contribution in [2.75, 3.05) is 0 Å². The molecule has 1 heterocycles. The molecule has 2 N–H and O–H groups in total. The first-order valence-corrected chi connectivity index (χ1v) is 10.9. The molecule has 4 rings (SSSR count). The Bertz CT molecular complexity index is 1390. The van der Waals surface area contributed by atoms with Crippen LogP contribution < -0.4 is 17.0 Å². The highest BCUT2D eigenvalue weighted by molar-refractivity contribution is 6.33. The SMILES string of the molecule is Cc1cccc(F)c1Cn1cc(-c2ccccc2Cl)c(=O)n(C[C@H](N)c2ccccc2)c1=O. The molecule has 0 aliphatic heterocycles. The van der Waals surface area contributed by atoms with Gasteiger partial charge in [0, 0.05) is 28.4 Å². The third-order valence-electron chi connectivity index (χ3n) is 5.69. The summed E-state index contributed by atoms with van der Waals surface area (Å²) in [6.07, 6.45) is 1.45. The van der Waals surface area contributed by atoms with Crippen molar-refractivity contribution >= 4 is 11.6 Å². The van der Waals surface area contributed by atoms with Crippen LogP contribution in [0.15, 0.2) is 88.6 Å². The minimum Gasteiger partial charge on any atom is -0.322 e. The van der Waals surface area contributed by atoms with Crippen LogP contribution in [-0.4, -0.2) is 9.13 Å². The van der Waals surface area contributed by atoms with E-state index in [2.05, 4.69) is 0 Å². The van der Waals surface area contributed by atoms with Gasteiger partial charge >= 0.3 is 5.69 Å². The molecule has 0 aliphatic carbocycles. The Kier molecular flexibility index (Phi) is 6.58. The van der Waals surface area contributed by atoms with Gasteiger partial charge in [-0.3, -0.25) is 13.9 Å². The van der Waals surface area contributed by atoms with Crippen LogP contribution in [0.5, 0.6) is 0 Å². The number of nitrogens with two attached hydrogens (primary N) is 1. The number of benzene rings is 3. The Morgan fingerprint density at radius 1 is 0.939 bits per heavy atom. The zero-order valence-electron chi connectivity index (χ0n) is 18.0. The van der Waals surface area contributed by atoms with Gasteiger partial charge in [-0.2, -0.15) is 0 Å². The molecule has 7 heteroatoms. The summed E-state index contributed by atoms with van der Waals surface area (Å²) in [7, 11) is 0. The number of aromatic nitrogens is 2. The number of halogens is 2. The van der Waals surface area contributed by atoms with Crippen LogP contribution in [0.4, 0.5) is 4.39 Å². The summed E-state index contributed by atoms with van der Waals surface area (Å²) in [6.45, 7) is 1.71. The molecule has 0 unspecified atom stereocenters. The van der Waals surface area contributed by atoms with Gasteiger partial charge in [-0.15, -0.1) is 0 Å². The maximum atomic E-state index is 14.5. The van der Waals surface area contributed by atoms with Crippen molar-refractivity contribution in [1.82, 2.24) is 9.13 Å². The Hall–Kier alpha value is -3.48. The molecule has 1 aromatic heterocycles. The summed E-state index contributed by atoms with van der Waals surface area (Å²) in [5.74, 6) is -0.417. The molecule has 0 saturated heterocycles. The Morgan fingerprint density at radius 3 is 2.33 bits per heavy atom. The van der Waals surface area contributed by atoms with E-state index in [1.807, 2.05) is 30.3 Å². The van der Waals surface area contributed by atoms with E-state index in [9.17, 15) is 14.0 Å². The molecule has 168 valence electrons. The maximum absolute atomic E-state index is 14.5. The van der Waals surface area contributed by atoms with Gasteiger partial charge in [0.05, 0.1) is 18.7 Å². The third-order valence-corrected chi connectivity index (χ3v) is 6.02. The molecule has 0 bridgehead atoms. The molecule has 0 amide bonds. The zero-order chi connectivity index (χ0) is 23.5. The topological polar surface area (TPSA) is 70.0 Å². The fourth-order valence-electron chi connectivity index (χ4n) is 3.83. The second kappa shape index (κ2) is 9.57. The van der Waals surface area contributed by atoms with Gasteiger partial charge < -0.3 is 5.73 Å². The molecule has 33 heavy (non-hydrogen) atoms. The monoisotopic (exact) mass is 463 g/mol. The van der Waals surface area contributed by atoms with Crippen molar-refractivity contribution in [2.45, 2.75) is 26.1 Å². The molecule has 0 saturated carbocycles. The van der Waals surface area contributed by atoms with E-state index in [0.717, 1.165) is 10.1 Å². The van der Waals surface area contributed by atoms with E-state index in [-0.39, 0.29) is 18.7 Å². The first-order valence-electron chi connectivity index (χ1n) is 10.5. The largest absolute Gasteiger partial charge is 0.331 e. The van der Waals surface area contributed by atoms with Crippen LogP contribution in [0.25, 0.3) is 11.1 Å². The lowest BCUT2D eigenvalue weighted by Crippen LogP contribution is -2.42. The zero-order valence-corrected chi connectivity index (χ0v) is 18.8. The van der Waals surface area contributed by atoms with E-state index in [1.54, 1.807) is 43.3 Å². The Balaban J connectivity index is 1.89. The minimum atomic E-state index is -0.582. The van der Waals surface area contributed by atoms with Crippen LogP contribution in [0.2, 0.25) is 5.02 Å². The van der Waals surface area contributed by atoms with Gasteiger partial charge in [0.1, 0.15) is 5.82 Å². The van der Waals surface area contributed by atoms with Crippen molar-refractivity contribution in [1.29, 1.82) is 0 Å². The van der Waals surface area contributed by atoms with Crippen molar-refractivity contribution < 1.29 is 4.39 Å². The van der Waals surface area contributed by atoms with Gasteiger partial charge in [0.15, 0.2) is 0 Å². The van der Waals surface area contributed by atoms with Gasteiger partial charge in [-0.25, -0.2) is 9.18 Å². The first-order chi connectivity index (χ1) is 15.9. The van der Waals surface area contributed by atoms with Gasteiger partial charge in [0.2, 0.25) is 0 Å². The second-order valence-corrected chi connectivity index (χ2v) is 8.31. The van der Waals surface area contributed by atoms with Crippen LogP contribution >= 0.6 is 11.6 Å². The quantitative estimate of drug-likeness (QED) is 0.457. The number of nitrogens with zero attached hydrogens (tertiary/aromatic N) is 2. The number of hydrogen-bond acceptors (Lipinski definition) is 3. The highest BCUT2D eigenvalue weighted by Gasteiger charge is 2.19. The molecule has 0 aliphatic rings. The number of rotatable bonds is 6.